The molecule has 0 radical (unpaired) electrons. The van der Waals surface area contributed by atoms with Crippen molar-refractivity contribution in [2.45, 2.75) is 24.3 Å². The predicted octanol–water partition coefficient (Wildman–Crippen LogP) is 5.54. The van der Waals surface area contributed by atoms with Crippen LogP contribution in [-0.4, -0.2) is 50.4 Å². The molecule has 3 aromatic carbocycles. The van der Waals surface area contributed by atoms with E-state index in [2.05, 4.69) is 4.74 Å². The number of nitrogens with one attached hydrogen (secondary N) is 1. The monoisotopic (exact) mass is 592 g/mol. The van der Waals surface area contributed by atoms with Crippen LogP contribution in [-0.2, 0) is 10.0 Å². The number of sulfonamides is 1. The van der Waals surface area contributed by atoms with Gasteiger partial charge in [0.25, 0.3) is 15.9 Å². The maximum absolute atomic E-state index is 15.0. The Kier molecular flexibility index (Phi) is 7.29. The molecular formula is C24H18ClF5N2O6S. The van der Waals surface area contributed by atoms with E-state index in [1.54, 1.807) is 0 Å². The first kappa shape index (κ1) is 28.2. The fourth-order valence-electron chi connectivity index (χ4n) is 3.90. The topological polar surface area (TPSA) is 105 Å². The molecule has 1 atom stereocenters. The van der Waals surface area contributed by atoms with Crippen molar-refractivity contribution in [1.82, 2.24) is 4.90 Å². The molecule has 0 unspecified atom stereocenters. The van der Waals surface area contributed by atoms with Crippen molar-refractivity contribution in [2.24, 2.45) is 0 Å². The molecule has 1 aliphatic rings. The van der Waals surface area contributed by atoms with Crippen LogP contribution in [0, 0.1) is 11.6 Å². The third-order valence-electron chi connectivity index (χ3n) is 5.55. The molecule has 208 valence electrons. The Bertz CT molecular complexity index is 1580. The molecule has 0 aromatic heterocycles. The molecule has 8 nitrogen and oxygen atoms in total. The summed E-state index contributed by atoms with van der Waals surface area (Å²) in [7, 11) is -3.50. The number of hydrogen-bond donors (Lipinski definition) is 2. The zero-order valence-corrected chi connectivity index (χ0v) is 21.5. The van der Waals surface area contributed by atoms with Crippen molar-refractivity contribution in [3.05, 3.63) is 64.7 Å². The number of phenolic OH excluding ortho intramolecular Hbond substituents is 1. The van der Waals surface area contributed by atoms with Gasteiger partial charge in [0.05, 0.1) is 17.3 Å². The number of benzene rings is 3. The minimum Gasteiger partial charge on any atom is -0.505 e. The van der Waals surface area contributed by atoms with Crippen LogP contribution in [0.15, 0.2) is 47.4 Å². The normalized spacial score (nSPS) is 17.3. The minimum atomic E-state index is -5.09. The van der Waals surface area contributed by atoms with E-state index in [0.717, 1.165) is 35.2 Å². The van der Waals surface area contributed by atoms with Gasteiger partial charge in [0, 0.05) is 29.8 Å². The van der Waals surface area contributed by atoms with E-state index >= 15 is 0 Å². The number of hydrogen-bond acceptors (Lipinski definition) is 6. The van der Waals surface area contributed by atoms with Crippen LogP contribution in [0.1, 0.15) is 17.3 Å². The summed E-state index contributed by atoms with van der Waals surface area (Å²) in [6.45, 7) is 1.38. The summed E-state index contributed by atoms with van der Waals surface area (Å²) in [5.41, 5.74) is -1.94. The van der Waals surface area contributed by atoms with Crippen molar-refractivity contribution in [3.63, 3.8) is 0 Å². The van der Waals surface area contributed by atoms with Crippen molar-refractivity contribution in [2.75, 3.05) is 18.3 Å². The average Bonchev–Trinajstić information content (AvgIpc) is 2.81. The standard InChI is InChI=1S/C24H18ClF5N2O6S/c1-11-10-32(2)23(34)12-5-16(25)22(33)21(6-12)39(35,36)31-19-8-14(17(26)9-18(19)27)15-7-13(38-24(28,29)30)3-4-20(15)37-11/h3-9,11,31,33H,10H2,1-2H3/t11-/m0/s1. The maximum Gasteiger partial charge on any atom is 0.573 e. The molecular weight excluding hydrogens is 575 g/mol. The van der Waals surface area contributed by atoms with E-state index in [4.69, 9.17) is 16.3 Å². The van der Waals surface area contributed by atoms with Gasteiger partial charge in [-0.3, -0.25) is 9.52 Å². The third kappa shape index (κ3) is 5.96. The van der Waals surface area contributed by atoms with Gasteiger partial charge in [0.15, 0.2) is 5.75 Å². The van der Waals surface area contributed by atoms with Crippen LogP contribution in [0.5, 0.6) is 17.2 Å². The largest absolute Gasteiger partial charge is 0.573 e. The number of rotatable bonds is 1. The number of fused-ring (bicyclic) bond motifs is 6. The summed E-state index contributed by atoms with van der Waals surface area (Å²) in [5.74, 6) is -5.25. The van der Waals surface area contributed by atoms with Gasteiger partial charge in [-0.25, -0.2) is 17.2 Å². The van der Waals surface area contributed by atoms with Gasteiger partial charge in [-0.2, -0.15) is 0 Å². The smallest absolute Gasteiger partial charge is 0.505 e. The Balaban J connectivity index is 1.97. The summed E-state index contributed by atoms with van der Waals surface area (Å²) in [4.78, 5) is 13.3. The number of ether oxygens (including phenoxy) is 2. The minimum absolute atomic E-state index is 0.130. The summed E-state index contributed by atoms with van der Waals surface area (Å²) in [6.07, 6.45) is -5.93. The second-order valence-corrected chi connectivity index (χ2v) is 10.6. The second kappa shape index (κ2) is 10.1. The van der Waals surface area contributed by atoms with E-state index in [1.165, 1.54) is 14.0 Å². The van der Waals surface area contributed by atoms with Crippen LogP contribution in [0.2, 0.25) is 5.02 Å². The maximum atomic E-state index is 15.0. The number of alkyl halides is 3. The first-order chi connectivity index (χ1) is 18.1. The highest BCUT2D eigenvalue weighted by molar-refractivity contribution is 7.92. The molecule has 4 rings (SSSR count). The van der Waals surface area contributed by atoms with Crippen LogP contribution in [0.4, 0.5) is 27.6 Å². The van der Waals surface area contributed by atoms with Gasteiger partial charge in [0.1, 0.15) is 34.1 Å². The van der Waals surface area contributed by atoms with Crippen LogP contribution >= 0.6 is 11.6 Å². The van der Waals surface area contributed by atoms with E-state index in [1.807, 2.05) is 4.72 Å². The number of aromatic hydroxyl groups is 1. The lowest BCUT2D eigenvalue weighted by Gasteiger charge is -2.24. The number of likely N-dealkylation sites (N-methyl/N-ethyl adjacent to an activating group) is 1. The molecule has 4 bridgehead atoms. The quantitative estimate of drug-likeness (QED) is 0.360. The molecule has 3 aromatic rings. The van der Waals surface area contributed by atoms with Crippen molar-refractivity contribution < 1.29 is 49.7 Å². The van der Waals surface area contributed by atoms with Crippen molar-refractivity contribution in [1.29, 1.82) is 0 Å². The van der Waals surface area contributed by atoms with Crippen molar-refractivity contribution in [3.8, 4) is 28.4 Å². The molecule has 1 amide bonds. The molecule has 39 heavy (non-hydrogen) atoms. The van der Waals surface area contributed by atoms with Crippen LogP contribution < -0.4 is 14.2 Å². The van der Waals surface area contributed by atoms with Gasteiger partial charge >= 0.3 is 6.36 Å². The SMILES string of the molecule is C[C@H]1CN(C)C(=O)c2cc(Cl)c(O)c(c2)S(=O)(=O)Nc2cc(c(F)cc2F)-c2cc(OC(F)(F)F)ccc2O1. The van der Waals surface area contributed by atoms with Gasteiger partial charge in [-0.15, -0.1) is 13.2 Å². The fraction of sp³-hybridized carbons (Fsp3) is 0.208. The summed E-state index contributed by atoms with van der Waals surface area (Å²) >= 11 is 5.97. The molecule has 0 saturated carbocycles. The number of carbonyl (C=O) groups excluding carboxylic acids is 1. The fourth-order valence-corrected chi connectivity index (χ4v) is 5.38. The molecule has 0 aliphatic carbocycles. The molecule has 1 aliphatic heterocycles. The lowest BCUT2D eigenvalue weighted by atomic mass is 10.0. The first-order valence-corrected chi connectivity index (χ1v) is 12.8. The van der Waals surface area contributed by atoms with Gasteiger partial charge in [0.2, 0.25) is 0 Å². The van der Waals surface area contributed by atoms with Crippen LogP contribution in [0.3, 0.4) is 0 Å². The first-order valence-electron chi connectivity index (χ1n) is 10.9. The predicted molar refractivity (Wildman–Crippen MR) is 129 cm³/mol. The summed E-state index contributed by atoms with van der Waals surface area (Å²) in [5, 5.41) is 9.83. The lowest BCUT2D eigenvalue weighted by Crippen LogP contribution is -2.35. The van der Waals surface area contributed by atoms with Gasteiger partial charge in [-0.05, 0) is 43.3 Å². The third-order valence-corrected chi connectivity index (χ3v) is 7.21. The summed E-state index contributed by atoms with van der Waals surface area (Å²) < 4.78 is 106. The average molecular weight is 593 g/mol. The Morgan fingerprint density at radius 2 is 1.79 bits per heavy atom. The Morgan fingerprint density at radius 3 is 2.46 bits per heavy atom. The molecule has 2 N–H and O–H groups in total. The number of amides is 1. The Labute approximate surface area is 223 Å². The van der Waals surface area contributed by atoms with E-state index in [0.29, 0.717) is 12.1 Å². The van der Waals surface area contributed by atoms with E-state index in [9.17, 15) is 40.3 Å². The zero-order valence-electron chi connectivity index (χ0n) is 19.9. The highest BCUT2D eigenvalue weighted by atomic mass is 35.5. The van der Waals surface area contributed by atoms with E-state index in [-0.39, 0.29) is 23.4 Å². The van der Waals surface area contributed by atoms with Crippen molar-refractivity contribution >= 4 is 33.2 Å². The number of nitrogens with zero attached hydrogens (tertiary/aromatic N) is 1. The highest BCUT2D eigenvalue weighted by Gasteiger charge is 2.32. The van der Waals surface area contributed by atoms with Crippen LogP contribution in [0.25, 0.3) is 11.1 Å². The van der Waals surface area contributed by atoms with Gasteiger partial charge < -0.3 is 19.5 Å². The Morgan fingerprint density at radius 1 is 1.10 bits per heavy atom. The second-order valence-electron chi connectivity index (χ2n) is 8.54. The Hall–Kier alpha value is -3.78. The molecule has 0 fully saturated rings. The van der Waals surface area contributed by atoms with Gasteiger partial charge in [-0.1, -0.05) is 11.6 Å². The lowest BCUT2D eigenvalue weighted by molar-refractivity contribution is -0.274. The van der Waals surface area contributed by atoms with E-state index < -0.39 is 72.7 Å². The highest BCUT2D eigenvalue weighted by Crippen LogP contribution is 2.40. The zero-order chi connectivity index (χ0) is 28.9. The molecule has 0 saturated heterocycles. The number of anilines is 1. The number of carbonyl (C=O) groups is 1. The summed E-state index contributed by atoms with van der Waals surface area (Å²) in [6, 6.07) is 5.62. The number of phenols is 1. The molecule has 1 heterocycles. The molecule has 0 spiro atoms. The number of halogens is 6. The molecule has 15 heteroatoms.